The second-order valence-electron chi connectivity index (χ2n) is 4.98. The average Bonchev–Trinajstić information content (AvgIpc) is 2.35. The van der Waals surface area contributed by atoms with Gasteiger partial charge in [-0.1, -0.05) is 17.7 Å². The molecule has 0 amide bonds. The zero-order valence-electron chi connectivity index (χ0n) is 12.7. The molecule has 0 saturated carbocycles. The van der Waals surface area contributed by atoms with Crippen LogP contribution in [-0.4, -0.2) is 40.0 Å². The molecule has 3 heteroatoms. The van der Waals surface area contributed by atoms with E-state index in [-0.39, 0.29) is 0 Å². The van der Waals surface area contributed by atoms with Gasteiger partial charge in [0, 0.05) is 20.2 Å². The van der Waals surface area contributed by atoms with E-state index < -0.39 is 0 Å². The van der Waals surface area contributed by atoms with E-state index in [0.717, 1.165) is 39.3 Å². The SMILES string of the molecule is COCCNCCOCCc1c(C)cc(C)cc1C. The van der Waals surface area contributed by atoms with Gasteiger partial charge in [0.2, 0.25) is 0 Å². The molecule has 3 nitrogen and oxygen atoms in total. The number of methoxy groups -OCH3 is 1. The van der Waals surface area contributed by atoms with Gasteiger partial charge in [-0.05, 0) is 43.9 Å². The molecule has 1 rings (SSSR count). The largest absolute Gasteiger partial charge is 0.383 e. The second-order valence-corrected chi connectivity index (χ2v) is 4.98. The third-order valence-corrected chi connectivity index (χ3v) is 3.24. The van der Waals surface area contributed by atoms with Crippen molar-refractivity contribution in [3.63, 3.8) is 0 Å². The van der Waals surface area contributed by atoms with Crippen molar-refractivity contribution in [3.8, 4) is 0 Å². The normalized spacial score (nSPS) is 10.9. The summed E-state index contributed by atoms with van der Waals surface area (Å²) in [5, 5.41) is 3.27. The Morgan fingerprint density at radius 2 is 1.58 bits per heavy atom. The lowest BCUT2D eigenvalue weighted by Gasteiger charge is -2.12. The smallest absolute Gasteiger partial charge is 0.0591 e. The first-order valence-electron chi connectivity index (χ1n) is 6.99. The van der Waals surface area contributed by atoms with Gasteiger partial charge in [0.25, 0.3) is 0 Å². The fourth-order valence-electron chi connectivity index (χ4n) is 2.32. The Morgan fingerprint density at radius 1 is 0.947 bits per heavy atom. The summed E-state index contributed by atoms with van der Waals surface area (Å²) in [7, 11) is 1.71. The Bertz CT molecular complexity index is 354. The molecule has 1 aromatic rings. The standard InChI is InChI=1S/C16H27NO2/c1-13-11-14(2)16(15(3)12-13)5-8-19-10-7-17-6-9-18-4/h11-12,17H,5-10H2,1-4H3. The predicted molar refractivity (Wildman–Crippen MR) is 79.9 cm³/mol. The van der Waals surface area contributed by atoms with E-state index in [1.807, 2.05) is 0 Å². The van der Waals surface area contributed by atoms with Crippen LogP contribution in [0, 0.1) is 20.8 Å². The fourth-order valence-corrected chi connectivity index (χ4v) is 2.32. The first-order chi connectivity index (χ1) is 9.15. The van der Waals surface area contributed by atoms with Crippen molar-refractivity contribution in [2.75, 3.05) is 40.0 Å². The number of benzene rings is 1. The van der Waals surface area contributed by atoms with Gasteiger partial charge in [0.05, 0.1) is 19.8 Å². The molecule has 0 bridgehead atoms. The molecule has 0 unspecified atom stereocenters. The summed E-state index contributed by atoms with van der Waals surface area (Å²) < 4.78 is 10.6. The van der Waals surface area contributed by atoms with Gasteiger partial charge in [-0.3, -0.25) is 0 Å². The zero-order valence-corrected chi connectivity index (χ0v) is 12.7. The molecule has 108 valence electrons. The minimum absolute atomic E-state index is 0.752. The summed E-state index contributed by atoms with van der Waals surface area (Å²) in [6.45, 7) is 10.6. The highest BCUT2D eigenvalue weighted by Crippen LogP contribution is 2.16. The van der Waals surface area contributed by atoms with Crippen LogP contribution in [0.2, 0.25) is 0 Å². The fraction of sp³-hybridized carbons (Fsp3) is 0.625. The summed E-state index contributed by atoms with van der Waals surface area (Å²) in [4.78, 5) is 0. The van der Waals surface area contributed by atoms with Crippen LogP contribution in [0.15, 0.2) is 12.1 Å². The first-order valence-corrected chi connectivity index (χ1v) is 6.99. The number of hydrogen-bond acceptors (Lipinski definition) is 3. The van der Waals surface area contributed by atoms with Crippen LogP contribution < -0.4 is 5.32 Å². The van der Waals surface area contributed by atoms with E-state index in [2.05, 4.69) is 38.2 Å². The molecule has 0 aliphatic heterocycles. The summed E-state index contributed by atoms with van der Waals surface area (Å²) in [6, 6.07) is 4.49. The van der Waals surface area contributed by atoms with Gasteiger partial charge >= 0.3 is 0 Å². The van der Waals surface area contributed by atoms with E-state index in [9.17, 15) is 0 Å². The summed E-state index contributed by atoms with van der Waals surface area (Å²) >= 11 is 0. The summed E-state index contributed by atoms with van der Waals surface area (Å²) in [5.41, 5.74) is 5.51. The topological polar surface area (TPSA) is 30.5 Å². The van der Waals surface area contributed by atoms with Crippen LogP contribution in [0.5, 0.6) is 0 Å². The molecule has 0 aliphatic rings. The monoisotopic (exact) mass is 265 g/mol. The van der Waals surface area contributed by atoms with Gasteiger partial charge in [-0.2, -0.15) is 0 Å². The number of rotatable bonds is 9. The minimum atomic E-state index is 0.752. The van der Waals surface area contributed by atoms with Crippen LogP contribution in [0.1, 0.15) is 22.3 Å². The van der Waals surface area contributed by atoms with E-state index >= 15 is 0 Å². The molecule has 0 aromatic heterocycles. The van der Waals surface area contributed by atoms with Gasteiger partial charge in [-0.25, -0.2) is 0 Å². The average molecular weight is 265 g/mol. The summed E-state index contributed by atoms with van der Waals surface area (Å²) in [6.07, 6.45) is 0.996. The molecule has 0 spiro atoms. The highest BCUT2D eigenvalue weighted by Gasteiger charge is 2.03. The highest BCUT2D eigenvalue weighted by molar-refractivity contribution is 5.37. The quantitative estimate of drug-likeness (QED) is 0.696. The maximum atomic E-state index is 5.65. The molecule has 0 heterocycles. The molecule has 0 radical (unpaired) electrons. The van der Waals surface area contributed by atoms with Crippen LogP contribution in [0.25, 0.3) is 0 Å². The number of nitrogens with one attached hydrogen (secondary N) is 1. The van der Waals surface area contributed by atoms with Crippen LogP contribution in [-0.2, 0) is 15.9 Å². The van der Waals surface area contributed by atoms with Gasteiger partial charge in [-0.15, -0.1) is 0 Å². The van der Waals surface area contributed by atoms with Crippen molar-refractivity contribution < 1.29 is 9.47 Å². The molecule has 0 fully saturated rings. The van der Waals surface area contributed by atoms with Crippen molar-refractivity contribution in [2.45, 2.75) is 27.2 Å². The number of hydrogen-bond donors (Lipinski definition) is 1. The van der Waals surface area contributed by atoms with Crippen molar-refractivity contribution in [3.05, 3.63) is 34.4 Å². The molecule has 19 heavy (non-hydrogen) atoms. The van der Waals surface area contributed by atoms with Crippen LogP contribution >= 0.6 is 0 Å². The van der Waals surface area contributed by atoms with Crippen molar-refractivity contribution in [1.29, 1.82) is 0 Å². The lowest BCUT2D eigenvalue weighted by Crippen LogP contribution is -2.24. The second kappa shape index (κ2) is 9.08. The lowest BCUT2D eigenvalue weighted by atomic mass is 9.98. The third-order valence-electron chi connectivity index (χ3n) is 3.24. The summed E-state index contributed by atoms with van der Waals surface area (Å²) in [5.74, 6) is 0. The van der Waals surface area contributed by atoms with Crippen molar-refractivity contribution in [1.82, 2.24) is 5.32 Å². The van der Waals surface area contributed by atoms with Crippen molar-refractivity contribution in [2.24, 2.45) is 0 Å². The maximum Gasteiger partial charge on any atom is 0.0591 e. The van der Waals surface area contributed by atoms with E-state index in [1.165, 1.54) is 22.3 Å². The van der Waals surface area contributed by atoms with Crippen LogP contribution in [0.4, 0.5) is 0 Å². The third kappa shape index (κ3) is 6.19. The van der Waals surface area contributed by atoms with Gasteiger partial charge in [0.15, 0.2) is 0 Å². The Labute approximate surface area is 117 Å². The lowest BCUT2D eigenvalue weighted by molar-refractivity contribution is 0.135. The Morgan fingerprint density at radius 3 is 2.21 bits per heavy atom. The van der Waals surface area contributed by atoms with E-state index in [1.54, 1.807) is 7.11 Å². The molecule has 1 aromatic carbocycles. The van der Waals surface area contributed by atoms with Crippen LogP contribution in [0.3, 0.4) is 0 Å². The molecular formula is C16H27NO2. The molecule has 1 N–H and O–H groups in total. The van der Waals surface area contributed by atoms with Gasteiger partial charge < -0.3 is 14.8 Å². The first kappa shape index (κ1) is 16.2. The maximum absolute atomic E-state index is 5.65. The molecular weight excluding hydrogens is 238 g/mol. The van der Waals surface area contributed by atoms with E-state index in [0.29, 0.717) is 0 Å². The van der Waals surface area contributed by atoms with E-state index in [4.69, 9.17) is 9.47 Å². The Kier molecular flexibility index (Phi) is 7.72. The molecule has 0 saturated heterocycles. The zero-order chi connectivity index (χ0) is 14.1. The molecule has 0 aliphatic carbocycles. The van der Waals surface area contributed by atoms with Crippen molar-refractivity contribution >= 4 is 0 Å². The highest BCUT2D eigenvalue weighted by atomic mass is 16.5. The number of ether oxygens (including phenoxy) is 2. The number of aryl methyl sites for hydroxylation is 3. The molecule has 0 atom stereocenters. The minimum Gasteiger partial charge on any atom is -0.383 e. The predicted octanol–water partition coefficient (Wildman–Crippen LogP) is 2.41. The Hall–Kier alpha value is -0.900. The Balaban J connectivity index is 2.19. The van der Waals surface area contributed by atoms with Gasteiger partial charge in [0.1, 0.15) is 0 Å².